The molecule has 136 valence electrons. The first kappa shape index (κ1) is 17.1. The van der Waals surface area contributed by atoms with Gasteiger partial charge in [0.05, 0.1) is 10.5 Å². The van der Waals surface area contributed by atoms with Crippen molar-refractivity contribution < 1.29 is 13.2 Å². The summed E-state index contributed by atoms with van der Waals surface area (Å²) in [6.45, 7) is 2.12. The monoisotopic (exact) mass is 361 g/mol. The highest BCUT2D eigenvalue weighted by Gasteiger charge is 2.53. The highest BCUT2D eigenvalue weighted by Crippen LogP contribution is 2.61. The second kappa shape index (κ2) is 5.83. The molecule has 5 rings (SSSR count). The third-order valence-electron chi connectivity index (χ3n) is 6.88. The molecule has 0 unspecified atom stereocenters. The van der Waals surface area contributed by atoms with Gasteiger partial charge in [-0.3, -0.25) is 4.79 Å². The van der Waals surface area contributed by atoms with Gasteiger partial charge in [0.15, 0.2) is 9.84 Å². The molecule has 4 bridgehead atoms. The highest BCUT2D eigenvalue weighted by atomic mass is 32.2. The molecule has 4 fully saturated rings. The van der Waals surface area contributed by atoms with Crippen LogP contribution >= 0.6 is 0 Å². The topological polar surface area (TPSA) is 63.2 Å². The molecule has 1 aromatic rings. The SMILES string of the molecule is C[C@@H](NC(=O)c1ccccc1S(C)(=O)=O)C12CC3CC(CC(C3)C1)C2. The van der Waals surface area contributed by atoms with E-state index in [2.05, 4.69) is 12.2 Å². The Labute approximate surface area is 150 Å². The van der Waals surface area contributed by atoms with Crippen molar-refractivity contribution in [2.75, 3.05) is 6.26 Å². The Morgan fingerprint density at radius 3 is 2.12 bits per heavy atom. The summed E-state index contributed by atoms with van der Waals surface area (Å²) < 4.78 is 24.0. The van der Waals surface area contributed by atoms with E-state index in [1.807, 2.05) is 0 Å². The number of carbonyl (C=O) groups is 1. The number of hydrogen-bond acceptors (Lipinski definition) is 3. The number of nitrogens with one attached hydrogen (secondary N) is 1. The molecule has 25 heavy (non-hydrogen) atoms. The summed E-state index contributed by atoms with van der Waals surface area (Å²) in [6.07, 6.45) is 8.92. The molecule has 4 saturated carbocycles. The fraction of sp³-hybridized carbons (Fsp3) is 0.650. The van der Waals surface area contributed by atoms with Crippen molar-refractivity contribution in [1.29, 1.82) is 0 Å². The minimum absolute atomic E-state index is 0.0843. The van der Waals surface area contributed by atoms with Gasteiger partial charge in [-0.05, 0) is 80.8 Å². The lowest BCUT2D eigenvalue weighted by Crippen LogP contribution is -2.55. The van der Waals surface area contributed by atoms with Gasteiger partial charge in [-0.25, -0.2) is 8.42 Å². The predicted octanol–water partition coefficient (Wildman–Crippen LogP) is 3.42. The molecule has 1 aromatic carbocycles. The first-order valence-electron chi connectivity index (χ1n) is 9.37. The molecule has 1 amide bonds. The number of hydrogen-bond donors (Lipinski definition) is 1. The highest BCUT2D eigenvalue weighted by molar-refractivity contribution is 7.90. The molecule has 0 aliphatic heterocycles. The zero-order valence-corrected chi connectivity index (χ0v) is 15.8. The Bertz CT molecular complexity index is 764. The Kier molecular flexibility index (Phi) is 3.98. The maximum Gasteiger partial charge on any atom is 0.252 e. The van der Waals surface area contributed by atoms with E-state index in [4.69, 9.17) is 0 Å². The molecule has 0 heterocycles. The molecule has 5 heteroatoms. The zero-order chi connectivity index (χ0) is 17.8. The molecule has 1 atom stereocenters. The van der Waals surface area contributed by atoms with Crippen LogP contribution in [0.3, 0.4) is 0 Å². The van der Waals surface area contributed by atoms with E-state index in [0.717, 1.165) is 24.0 Å². The molecule has 4 aliphatic rings. The Morgan fingerprint density at radius 1 is 1.08 bits per heavy atom. The lowest BCUT2D eigenvalue weighted by atomic mass is 9.48. The summed E-state index contributed by atoms with van der Waals surface area (Å²) in [4.78, 5) is 13.0. The minimum Gasteiger partial charge on any atom is -0.349 e. The Morgan fingerprint density at radius 2 is 1.60 bits per heavy atom. The van der Waals surface area contributed by atoms with Gasteiger partial charge in [-0.15, -0.1) is 0 Å². The number of benzene rings is 1. The van der Waals surface area contributed by atoms with Gasteiger partial charge in [0.2, 0.25) is 0 Å². The van der Waals surface area contributed by atoms with Crippen molar-refractivity contribution in [1.82, 2.24) is 5.32 Å². The van der Waals surface area contributed by atoms with Crippen LogP contribution in [0.15, 0.2) is 29.2 Å². The molecule has 0 spiro atoms. The first-order valence-corrected chi connectivity index (χ1v) is 11.3. The lowest BCUT2D eigenvalue weighted by Gasteiger charge is -2.59. The summed E-state index contributed by atoms with van der Waals surface area (Å²) in [5, 5.41) is 3.16. The number of sulfone groups is 1. The second-order valence-corrected chi connectivity index (χ2v) is 10.7. The average Bonchev–Trinajstić information content (AvgIpc) is 2.52. The van der Waals surface area contributed by atoms with Crippen molar-refractivity contribution in [2.45, 2.75) is 56.4 Å². The largest absolute Gasteiger partial charge is 0.349 e. The fourth-order valence-electron chi connectivity index (χ4n) is 6.11. The molecule has 0 radical (unpaired) electrons. The van der Waals surface area contributed by atoms with Crippen molar-refractivity contribution in [3.8, 4) is 0 Å². The van der Waals surface area contributed by atoms with Gasteiger partial charge in [0, 0.05) is 12.3 Å². The van der Waals surface area contributed by atoms with Crippen LogP contribution in [0.1, 0.15) is 55.8 Å². The molecule has 1 N–H and O–H groups in total. The Balaban J connectivity index is 1.56. The van der Waals surface area contributed by atoms with Crippen LogP contribution in [0.2, 0.25) is 0 Å². The summed E-state index contributed by atoms with van der Waals surface area (Å²) in [5.74, 6) is 2.22. The van der Waals surface area contributed by atoms with Gasteiger partial charge in [0.1, 0.15) is 0 Å². The van der Waals surface area contributed by atoms with Gasteiger partial charge >= 0.3 is 0 Å². The molecule has 4 aliphatic carbocycles. The maximum atomic E-state index is 12.8. The van der Waals surface area contributed by atoms with E-state index in [1.165, 1.54) is 44.6 Å². The van der Waals surface area contributed by atoms with Gasteiger partial charge < -0.3 is 5.32 Å². The summed E-state index contributed by atoms with van der Waals surface area (Å²) >= 11 is 0. The quantitative estimate of drug-likeness (QED) is 0.894. The van der Waals surface area contributed by atoms with Crippen LogP contribution in [0.4, 0.5) is 0 Å². The van der Waals surface area contributed by atoms with Crippen molar-refractivity contribution in [2.24, 2.45) is 23.2 Å². The molecule has 0 aromatic heterocycles. The number of rotatable bonds is 4. The fourth-order valence-corrected chi connectivity index (χ4v) is 7.00. The van der Waals surface area contributed by atoms with E-state index in [9.17, 15) is 13.2 Å². The first-order chi connectivity index (χ1) is 11.8. The smallest absolute Gasteiger partial charge is 0.252 e. The van der Waals surface area contributed by atoms with E-state index in [1.54, 1.807) is 18.2 Å². The summed E-state index contributed by atoms with van der Waals surface area (Å²) in [5.41, 5.74) is 0.478. The Hall–Kier alpha value is -1.36. The summed E-state index contributed by atoms with van der Waals surface area (Å²) in [6, 6.07) is 6.59. The molecule has 4 nitrogen and oxygen atoms in total. The van der Waals surface area contributed by atoms with Crippen molar-refractivity contribution in [3.05, 3.63) is 29.8 Å². The van der Waals surface area contributed by atoms with Crippen LogP contribution < -0.4 is 5.32 Å². The van der Waals surface area contributed by atoms with E-state index < -0.39 is 9.84 Å². The van der Waals surface area contributed by atoms with E-state index in [0.29, 0.717) is 0 Å². The van der Waals surface area contributed by atoms with Crippen LogP contribution in [0, 0.1) is 23.2 Å². The van der Waals surface area contributed by atoms with E-state index >= 15 is 0 Å². The van der Waals surface area contributed by atoms with Crippen LogP contribution in [0.5, 0.6) is 0 Å². The standard InChI is InChI=1S/C20H27NO3S/c1-13(20-10-14-7-15(11-20)9-16(8-14)12-20)21-19(22)17-5-3-4-6-18(17)25(2,23)24/h3-6,13-16H,7-12H2,1-2H3,(H,21,22)/t13-,14?,15?,16?,20?/m1/s1. The number of carbonyl (C=O) groups excluding carboxylic acids is 1. The van der Waals surface area contributed by atoms with Crippen LogP contribution in [-0.2, 0) is 9.84 Å². The minimum atomic E-state index is -3.42. The number of amides is 1. The normalized spacial score (nSPS) is 34.7. The lowest BCUT2D eigenvalue weighted by molar-refractivity contribution is -0.0688. The third kappa shape index (κ3) is 3.01. The predicted molar refractivity (Wildman–Crippen MR) is 97.1 cm³/mol. The van der Waals surface area contributed by atoms with E-state index in [-0.39, 0.29) is 27.8 Å². The average molecular weight is 362 g/mol. The van der Waals surface area contributed by atoms with Gasteiger partial charge in [0.25, 0.3) is 5.91 Å². The summed E-state index contributed by atoms with van der Waals surface area (Å²) in [7, 11) is -3.42. The van der Waals surface area contributed by atoms with Crippen LogP contribution in [-0.4, -0.2) is 26.6 Å². The van der Waals surface area contributed by atoms with Crippen LogP contribution in [0.25, 0.3) is 0 Å². The third-order valence-corrected chi connectivity index (χ3v) is 8.04. The van der Waals surface area contributed by atoms with Gasteiger partial charge in [-0.2, -0.15) is 0 Å². The zero-order valence-electron chi connectivity index (χ0n) is 15.0. The van der Waals surface area contributed by atoms with Gasteiger partial charge in [-0.1, -0.05) is 12.1 Å². The molecular weight excluding hydrogens is 334 g/mol. The van der Waals surface area contributed by atoms with Crippen molar-refractivity contribution in [3.63, 3.8) is 0 Å². The van der Waals surface area contributed by atoms with Crippen molar-refractivity contribution >= 4 is 15.7 Å². The molecule has 0 saturated heterocycles. The molecular formula is C20H27NO3S. The second-order valence-electron chi connectivity index (χ2n) is 8.74. The maximum absolute atomic E-state index is 12.8.